The number of aliphatic hydroxyl groups is 2. The molecule has 4 rings (SSSR count). The van der Waals surface area contributed by atoms with Crippen molar-refractivity contribution in [1.82, 2.24) is 14.5 Å². The second-order valence-corrected chi connectivity index (χ2v) is 5.78. The van der Waals surface area contributed by atoms with Crippen LogP contribution in [0.15, 0.2) is 18.6 Å². The van der Waals surface area contributed by atoms with Gasteiger partial charge in [-0.2, -0.15) is 0 Å². The first-order valence-electron chi connectivity index (χ1n) is 7.20. The van der Waals surface area contributed by atoms with Gasteiger partial charge in [0.15, 0.2) is 6.23 Å². The third-order valence-corrected chi connectivity index (χ3v) is 4.71. The molecule has 0 radical (unpaired) electrons. The fourth-order valence-corrected chi connectivity index (χ4v) is 3.59. The zero-order chi connectivity index (χ0) is 14.6. The third-order valence-electron chi connectivity index (χ3n) is 4.71. The molecule has 3 heterocycles. The quantitative estimate of drug-likeness (QED) is 0.752. The number of rotatable bonds is 2. The maximum absolute atomic E-state index is 10.6. The predicted molar refractivity (Wildman–Crippen MR) is 75.8 cm³/mol. The van der Waals surface area contributed by atoms with E-state index in [0.717, 1.165) is 24.0 Å². The molecule has 0 spiro atoms. The smallest absolute Gasteiger partial charge is 0.164 e. The highest BCUT2D eigenvalue weighted by Gasteiger charge is 2.58. The van der Waals surface area contributed by atoms with Crippen LogP contribution in [0.2, 0.25) is 0 Å². The first-order valence-corrected chi connectivity index (χ1v) is 7.20. The molecule has 1 aliphatic heterocycles. The van der Waals surface area contributed by atoms with Gasteiger partial charge in [0.2, 0.25) is 0 Å². The van der Waals surface area contributed by atoms with Crippen molar-refractivity contribution in [2.45, 2.75) is 43.3 Å². The van der Waals surface area contributed by atoms with Gasteiger partial charge in [-0.25, -0.2) is 9.97 Å². The van der Waals surface area contributed by atoms with Gasteiger partial charge in [-0.1, -0.05) is 0 Å². The van der Waals surface area contributed by atoms with Crippen LogP contribution in [0.4, 0.5) is 5.82 Å². The molecule has 0 amide bonds. The number of nitrogens with zero attached hydrogens (tertiary/aromatic N) is 3. The highest BCUT2D eigenvalue weighted by Crippen LogP contribution is 2.47. The lowest BCUT2D eigenvalue weighted by atomic mass is 9.94. The number of fused-ring (bicyclic) bond motifs is 2. The Labute approximate surface area is 121 Å². The minimum Gasteiger partial charge on any atom is -0.385 e. The summed E-state index contributed by atoms with van der Waals surface area (Å²) in [6, 6.07) is 1.88. The van der Waals surface area contributed by atoms with Gasteiger partial charge in [-0.05, 0) is 25.3 Å². The highest BCUT2D eigenvalue weighted by atomic mass is 16.6. The summed E-state index contributed by atoms with van der Waals surface area (Å²) in [5.74, 6) is 0.727. The summed E-state index contributed by atoms with van der Waals surface area (Å²) in [5.41, 5.74) is -0.456. The van der Waals surface area contributed by atoms with E-state index in [1.807, 2.05) is 12.3 Å². The zero-order valence-electron chi connectivity index (χ0n) is 11.7. The number of aliphatic hydroxyl groups excluding tert-OH is 1. The summed E-state index contributed by atoms with van der Waals surface area (Å²) in [7, 11) is 1.80. The Kier molecular flexibility index (Phi) is 2.72. The minimum absolute atomic E-state index is 0.305. The summed E-state index contributed by atoms with van der Waals surface area (Å²) in [4.78, 5) is 8.45. The van der Waals surface area contributed by atoms with Gasteiger partial charge in [0.1, 0.15) is 29.5 Å². The van der Waals surface area contributed by atoms with Gasteiger partial charge in [-0.15, -0.1) is 0 Å². The van der Waals surface area contributed by atoms with E-state index >= 15 is 0 Å². The van der Waals surface area contributed by atoms with Gasteiger partial charge in [0.05, 0.1) is 11.5 Å². The lowest BCUT2D eigenvalue weighted by molar-refractivity contribution is -0.0637. The van der Waals surface area contributed by atoms with Crippen molar-refractivity contribution < 1.29 is 14.9 Å². The Morgan fingerprint density at radius 1 is 1.48 bits per heavy atom. The molecule has 2 aliphatic rings. The Bertz CT molecular complexity index is 688. The van der Waals surface area contributed by atoms with Crippen molar-refractivity contribution in [2.75, 3.05) is 12.4 Å². The molecule has 0 bridgehead atoms. The summed E-state index contributed by atoms with van der Waals surface area (Å²) >= 11 is 0. The van der Waals surface area contributed by atoms with E-state index in [2.05, 4.69) is 15.3 Å². The summed E-state index contributed by atoms with van der Waals surface area (Å²) in [6.45, 7) is 0. The number of hydrogen-bond acceptors (Lipinski definition) is 6. The topological polar surface area (TPSA) is 92.4 Å². The van der Waals surface area contributed by atoms with Crippen LogP contribution in [0.25, 0.3) is 11.0 Å². The predicted octanol–water partition coefficient (Wildman–Crippen LogP) is 0.646. The number of aromatic nitrogens is 3. The highest BCUT2D eigenvalue weighted by molar-refractivity contribution is 5.87. The molecule has 1 saturated carbocycles. The SMILES string of the molecule is CNc1ncnc2c1ccn2C1OC2CCCC2(O)C1O. The van der Waals surface area contributed by atoms with Crippen molar-refractivity contribution in [3.05, 3.63) is 18.6 Å². The minimum atomic E-state index is -1.14. The number of anilines is 1. The van der Waals surface area contributed by atoms with Crippen LogP contribution in [0.5, 0.6) is 0 Å². The van der Waals surface area contributed by atoms with E-state index in [0.29, 0.717) is 12.1 Å². The van der Waals surface area contributed by atoms with Gasteiger partial charge < -0.3 is 24.8 Å². The summed E-state index contributed by atoms with van der Waals surface area (Å²) < 4.78 is 7.69. The van der Waals surface area contributed by atoms with Crippen LogP contribution in [-0.2, 0) is 4.74 Å². The normalized spacial score (nSPS) is 35.3. The zero-order valence-corrected chi connectivity index (χ0v) is 11.7. The molecule has 2 fully saturated rings. The van der Waals surface area contributed by atoms with Crippen LogP contribution in [0.1, 0.15) is 25.5 Å². The van der Waals surface area contributed by atoms with Crippen molar-refractivity contribution in [2.24, 2.45) is 0 Å². The lowest BCUT2D eigenvalue weighted by Crippen LogP contribution is -2.43. The molecular formula is C14H18N4O3. The largest absolute Gasteiger partial charge is 0.385 e. The van der Waals surface area contributed by atoms with E-state index in [-0.39, 0.29) is 6.10 Å². The molecule has 1 saturated heterocycles. The maximum Gasteiger partial charge on any atom is 0.164 e. The molecular weight excluding hydrogens is 272 g/mol. The first kappa shape index (κ1) is 13.0. The molecule has 21 heavy (non-hydrogen) atoms. The van der Waals surface area contributed by atoms with Crippen molar-refractivity contribution in [1.29, 1.82) is 0 Å². The molecule has 7 nitrogen and oxygen atoms in total. The maximum atomic E-state index is 10.6. The molecule has 2 aromatic heterocycles. The Morgan fingerprint density at radius 3 is 3.10 bits per heavy atom. The summed E-state index contributed by atoms with van der Waals surface area (Å²) in [6.07, 6.45) is 3.65. The van der Waals surface area contributed by atoms with Crippen LogP contribution < -0.4 is 5.32 Å². The van der Waals surface area contributed by atoms with Crippen molar-refractivity contribution in [3.8, 4) is 0 Å². The molecule has 112 valence electrons. The Balaban J connectivity index is 1.78. The number of hydrogen-bond donors (Lipinski definition) is 3. The van der Waals surface area contributed by atoms with Gasteiger partial charge in [0, 0.05) is 13.2 Å². The van der Waals surface area contributed by atoms with Crippen LogP contribution in [-0.4, -0.2) is 49.6 Å². The fraction of sp³-hybridized carbons (Fsp3) is 0.571. The summed E-state index contributed by atoms with van der Waals surface area (Å²) in [5, 5.41) is 25.0. The average Bonchev–Trinajstić information content (AvgIpc) is 3.13. The van der Waals surface area contributed by atoms with E-state index in [4.69, 9.17) is 4.74 Å². The molecule has 3 N–H and O–H groups in total. The molecule has 1 aliphatic carbocycles. The van der Waals surface area contributed by atoms with Gasteiger partial charge >= 0.3 is 0 Å². The third kappa shape index (κ3) is 1.65. The van der Waals surface area contributed by atoms with Crippen molar-refractivity contribution in [3.63, 3.8) is 0 Å². The second kappa shape index (κ2) is 4.40. The van der Waals surface area contributed by atoms with Crippen LogP contribution in [0, 0.1) is 0 Å². The van der Waals surface area contributed by atoms with E-state index in [1.54, 1.807) is 11.6 Å². The molecule has 4 unspecified atom stereocenters. The number of nitrogens with one attached hydrogen (secondary N) is 1. The number of ether oxygens (including phenoxy) is 1. The average molecular weight is 290 g/mol. The second-order valence-electron chi connectivity index (χ2n) is 5.78. The van der Waals surface area contributed by atoms with Crippen LogP contribution in [0.3, 0.4) is 0 Å². The van der Waals surface area contributed by atoms with E-state index in [1.165, 1.54) is 6.33 Å². The Hall–Kier alpha value is -1.70. The fourth-order valence-electron chi connectivity index (χ4n) is 3.59. The van der Waals surface area contributed by atoms with Gasteiger partial charge in [0.25, 0.3) is 0 Å². The molecule has 4 atom stereocenters. The lowest BCUT2D eigenvalue weighted by Gasteiger charge is -2.25. The molecule has 7 heteroatoms. The standard InChI is InChI=1S/C14H18N4O3/c1-15-11-8-4-6-18(12(8)17-7-16-11)13-10(19)14(20)5-2-3-9(14)21-13/h4,6-7,9-10,13,19-20H,2-3,5H2,1H3,(H,15,16,17). The van der Waals surface area contributed by atoms with E-state index < -0.39 is 17.9 Å². The van der Waals surface area contributed by atoms with Gasteiger partial charge in [-0.3, -0.25) is 0 Å². The van der Waals surface area contributed by atoms with E-state index in [9.17, 15) is 10.2 Å². The monoisotopic (exact) mass is 290 g/mol. The molecule has 2 aromatic rings. The van der Waals surface area contributed by atoms with Crippen molar-refractivity contribution >= 4 is 16.9 Å². The molecule has 0 aromatic carbocycles. The van der Waals surface area contributed by atoms with Crippen LogP contribution >= 0.6 is 0 Å². The Morgan fingerprint density at radius 2 is 2.33 bits per heavy atom. The first-order chi connectivity index (χ1) is 10.1.